The Bertz CT molecular complexity index is 508. The van der Waals surface area contributed by atoms with Gasteiger partial charge in [-0.1, -0.05) is 0 Å². The van der Waals surface area contributed by atoms with Gasteiger partial charge in [0.25, 0.3) is 0 Å². The zero-order valence-electron chi connectivity index (χ0n) is 12.0. The van der Waals surface area contributed by atoms with Gasteiger partial charge in [0.1, 0.15) is 5.60 Å². The number of amides is 1. The smallest absolute Gasteiger partial charge is 0.412 e. The van der Waals surface area contributed by atoms with Crippen molar-refractivity contribution in [3.05, 3.63) is 27.3 Å². The van der Waals surface area contributed by atoms with E-state index in [1.807, 2.05) is 0 Å². The quantitative estimate of drug-likeness (QED) is 0.629. The number of anilines is 1. The van der Waals surface area contributed by atoms with Gasteiger partial charge in [-0.3, -0.25) is 5.32 Å². The Morgan fingerprint density at radius 1 is 1.30 bits per heavy atom. The van der Waals surface area contributed by atoms with E-state index in [1.54, 1.807) is 45.9 Å². The van der Waals surface area contributed by atoms with Gasteiger partial charge >= 0.3 is 12.1 Å². The van der Waals surface area contributed by atoms with Crippen LogP contribution in [0.1, 0.15) is 38.1 Å². The standard InChI is InChI=1S/C14H18INO4/c1-5-19-12(17)9-6-7-10(15)11(8-9)16-13(18)20-14(2,3)4/h6-8H,5H2,1-4H3,(H,16,18). The zero-order valence-corrected chi connectivity index (χ0v) is 14.1. The topological polar surface area (TPSA) is 64.6 Å². The van der Waals surface area contributed by atoms with Gasteiger partial charge in [0.2, 0.25) is 0 Å². The highest BCUT2D eigenvalue weighted by molar-refractivity contribution is 14.1. The van der Waals surface area contributed by atoms with Crippen molar-refractivity contribution < 1.29 is 19.1 Å². The lowest BCUT2D eigenvalue weighted by Crippen LogP contribution is -2.27. The molecule has 0 heterocycles. The lowest BCUT2D eigenvalue weighted by atomic mass is 10.2. The third-order valence-corrected chi connectivity index (χ3v) is 3.05. The van der Waals surface area contributed by atoms with Crippen molar-refractivity contribution in [2.75, 3.05) is 11.9 Å². The predicted molar refractivity (Wildman–Crippen MR) is 85.0 cm³/mol. The van der Waals surface area contributed by atoms with Gasteiger partial charge in [-0.2, -0.15) is 0 Å². The van der Waals surface area contributed by atoms with E-state index in [1.165, 1.54) is 0 Å². The highest BCUT2D eigenvalue weighted by Gasteiger charge is 2.18. The lowest BCUT2D eigenvalue weighted by Gasteiger charge is -2.20. The summed E-state index contributed by atoms with van der Waals surface area (Å²) in [5, 5.41) is 2.63. The average molecular weight is 391 g/mol. The number of ether oxygens (including phenoxy) is 2. The van der Waals surface area contributed by atoms with Crippen LogP contribution in [0.3, 0.4) is 0 Å². The molecule has 1 rings (SSSR count). The molecule has 20 heavy (non-hydrogen) atoms. The van der Waals surface area contributed by atoms with E-state index >= 15 is 0 Å². The number of rotatable bonds is 3. The molecule has 0 spiro atoms. The van der Waals surface area contributed by atoms with Crippen molar-refractivity contribution in [2.45, 2.75) is 33.3 Å². The molecule has 0 aliphatic carbocycles. The molecule has 5 nitrogen and oxygen atoms in total. The lowest BCUT2D eigenvalue weighted by molar-refractivity contribution is 0.0524. The van der Waals surface area contributed by atoms with Crippen LogP contribution in [0.25, 0.3) is 0 Å². The Labute approximate surface area is 132 Å². The van der Waals surface area contributed by atoms with Crippen LogP contribution in [0, 0.1) is 3.57 Å². The van der Waals surface area contributed by atoms with Gasteiger partial charge in [0.15, 0.2) is 0 Å². The predicted octanol–water partition coefficient (Wildman–Crippen LogP) is 3.81. The van der Waals surface area contributed by atoms with E-state index in [9.17, 15) is 9.59 Å². The molecule has 1 aromatic rings. The van der Waals surface area contributed by atoms with Crippen molar-refractivity contribution in [3.63, 3.8) is 0 Å². The number of esters is 1. The monoisotopic (exact) mass is 391 g/mol. The van der Waals surface area contributed by atoms with Gasteiger partial charge in [-0.25, -0.2) is 9.59 Å². The first-order chi connectivity index (χ1) is 9.23. The third-order valence-electron chi connectivity index (χ3n) is 2.11. The van der Waals surface area contributed by atoms with E-state index in [-0.39, 0.29) is 0 Å². The molecule has 0 aromatic heterocycles. The number of hydrogen-bond donors (Lipinski definition) is 1. The second kappa shape index (κ2) is 6.92. The van der Waals surface area contributed by atoms with Crippen molar-refractivity contribution in [1.82, 2.24) is 0 Å². The van der Waals surface area contributed by atoms with Gasteiger partial charge < -0.3 is 9.47 Å². The van der Waals surface area contributed by atoms with Crippen LogP contribution in [0.2, 0.25) is 0 Å². The fourth-order valence-electron chi connectivity index (χ4n) is 1.38. The largest absolute Gasteiger partial charge is 0.462 e. The van der Waals surface area contributed by atoms with Crippen LogP contribution >= 0.6 is 22.6 Å². The molecular formula is C14H18INO4. The first-order valence-corrected chi connectivity index (χ1v) is 7.27. The Kier molecular flexibility index (Phi) is 5.79. The van der Waals surface area contributed by atoms with E-state index in [0.717, 1.165) is 3.57 Å². The maximum absolute atomic E-state index is 11.7. The van der Waals surface area contributed by atoms with E-state index in [0.29, 0.717) is 17.9 Å². The third kappa shape index (κ3) is 5.36. The Hall–Kier alpha value is -1.31. The summed E-state index contributed by atoms with van der Waals surface area (Å²) in [6, 6.07) is 4.96. The van der Waals surface area contributed by atoms with Gasteiger partial charge in [-0.05, 0) is 68.5 Å². The van der Waals surface area contributed by atoms with Crippen molar-refractivity contribution >= 4 is 40.3 Å². The van der Waals surface area contributed by atoms with E-state index < -0.39 is 17.7 Å². The second-order valence-electron chi connectivity index (χ2n) is 5.04. The summed E-state index contributed by atoms with van der Waals surface area (Å²) in [6.45, 7) is 7.40. The Balaban J connectivity index is 2.87. The molecule has 1 aromatic carbocycles. The van der Waals surface area contributed by atoms with E-state index in [2.05, 4.69) is 27.9 Å². The number of carbonyl (C=O) groups is 2. The molecule has 0 bridgehead atoms. The van der Waals surface area contributed by atoms with E-state index in [4.69, 9.17) is 9.47 Å². The van der Waals surface area contributed by atoms with Crippen LogP contribution in [-0.4, -0.2) is 24.3 Å². The maximum atomic E-state index is 11.7. The van der Waals surface area contributed by atoms with Gasteiger partial charge in [0, 0.05) is 3.57 Å². The molecule has 1 amide bonds. The Morgan fingerprint density at radius 2 is 1.95 bits per heavy atom. The summed E-state index contributed by atoms with van der Waals surface area (Å²) in [6.07, 6.45) is -0.559. The highest BCUT2D eigenvalue weighted by atomic mass is 127. The number of halogens is 1. The summed E-state index contributed by atoms with van der Waals surface area (Å²) < 4.78 is 10.9. The normalized spacial score (nSPS) is 10.8. The summed E-state index contributed by atoms with van der Waals surface area (Å²) >= 11 is 2.07. The average Bonchev–Trinajstić information content (AvgIpc) is 2.29. The number of hydrogen-bond acceptors (Lipinski definition) is 4. The minimum absolute atomic E-state index is 0.305. The van der Waals surface area contributed by atoms with Crippen LogP contribution in [0.4, 0.5) is 10.5 Å². The molecule has 0 atom stereocenters. The van der Waals surface area contributed by atoms with Gasteiger partial charge in [-0.15, -0.1) is 0 Å². The van der Waals surface area contributed by atoms with Crippen LogP contribution in [-0.2, 0) is 9.47 Å². The minimum atomic E-state index is -0.575. The summed E-state index contributed by atoms with van der Waals surface area (Å²) in [4.78, 5) is 23.4. The van der Waals surface area contributed by atoms with Crippen molar-refractivity contribution in [2.24, 2.45) is 0 Å². The molecule has 0 fully saturated rings. The maximum Gasteiger partial charge on any atom is 0.412 e. The summed E-state index contributed by atoms with van der Waals surface area (Å²) in [7, 11) is 0. The number of benzene rings is 1. The molecule has 0 aliphatic rings. The molecule has 1 N–H and O–H groups in total. The van der Waals surface area contributed by atoms with Crippen LogP contribution in [0.5, 0.6) is 0 Å². The minimum Gasteiger partial charge on any atom is -0.462 e. The summed E-state index contributed by atoms with van der Waals surface area (Å²) in [5.41, 5.74) is 0.331. The summed E-state index contributed by atoms with van der Waals surface area (Å²) in [5.74, 6) is -0.420. The molecule has 0 aliphatic heterocycles. The Morgan fingerprint density at radius 3 is 2.50 bits per heavy atom. The molecule has 0 saturated carbocycles. The SMILES string of the molecule is CCOC(=O)c1ccc(I)c(NC(=O)OC(C)(C)C)c1. The van der Waals surface area contributed by atoms with Gasteiger partial charge in [0.05, 0.1) is 17.9 Å². The first kappa shape index (κ1) is 16.7. The molecule has 0 unspecified atom stereocenters. The molecule has 0 radical (unpaired) electrons. The molecule has 6 heteroatoms. The fourth-order valence-corrected chi connectivity index (χ4v) is 1.85. The zero-order chi connectivity index (χ0) is 15.3. The molecule has 110 valence electrons. The fraction of sp³-hybridized carbons (Fsp3) is 0.429. The first-order valence-electron chi connectivity index (χ1n) is 6.19. The number of nitrogens with one attached hydrogen (secondary N) is 1. The molecule has 0 saturated heterocycles. The highest BCUT2D eigenvalue weighted by Crippen LogP contribution is 2.21. The van der Waals surface area contributed by atoms with Crippen LogP contribution in [0.15, 0.2) is 18.2 Å². The van der Waals surface area contributed by atoms with Crippen LogP contribution < -0.4 is 5.32 Å². The molecular weight excluding hydrogens is 373 g/mol. The van der Waals surface area contributed by atoms with Crippen molar-refractivity contribution in [3.8, 4) is 0 Å². The van der Waals surface area contributed by atoms with Crippen molar-refractivity contribution in [1.29, 1.82) is 0 Å². The number of carbonyl (C=O) groups excluding carboxylic acids is 2. The second-order valence-corrected chi connectivity index (χ2v) is 6.20.